The lowest BCUT2D eigenvalue weighted by molar-refractivity contribution is 0.0640. The largest absolute Gasteiger partial charge is 0.451 e. The lowest BCUT2D eigenvalue weighted by Gasteiger charge is -2.54. The van der Waals surface area contributed by atoms with Gasteiger partial charge in [-0.3, -0.25) is 9.69 Å². The molecule has 1 N–H and O–H groups in total. The van der Waals surface area contributed by atoms with Crippen LogP contribution in [0.15, 0.2) is 59.9 Å². The third kappa shape index (κ3) is 7.07. The summed E-state index contributed by atoms with van der Waals surface area (Å²) in [4.78, 5) is 29.0. The number of amides is 1. The number of fused-ring (bicyclic) bond motifs is 2. The number of ether oxygens (including phenoxy) is 1. The fourth-order valence-electron chi connectivity index (χ4n) is 8.09. The molecule has 4 saturated heterocycles. The maximum atomic E-state index is 14.4. The van der Waals surface area contributed by atoms with Gasteiger partial charge in [-0.05, 0) is 95.9 Å². The van der Waals surface area contributed by atoms with E-state index in [1.165, 1.54) is 24.5 Å². The number of likely N-dealkylation sites (tertiary alicyclic amines) is 1. The number of benzene rings is 2. The van der Waals surface area contributed by atoms with Gasteiger partial charge in [0.1, 0.15) is 17.9 Å². The number of anilines is 1. The van der Waals surface area contributed by atoms with Crippen LogP contribution >= 0.6 is 12.4 Å². The number of carbonyl (C=O) groups is 1. The van der Waals surface area contributed by atoms with E-state index in [9.17, 15) is 17.6 Å². The molecule has 4 fully saturated rings. The molecule has 7 rings (SSSR count). The molecule has 3 aromatic rings. The molecule has 4 aliphatic rings. The molecule has 50 heavy (non-hydrogen) atoms. The standard InChI is InChI=1S/C36H46FN7O4S.ClH/c1-24(2)44(25(3)4)35(45)31-15-27(37)7-10-32(31)48-33-18-38-23-40-34(33)42-21-36(22-42)11-13-41(14-12-36)19-26-5-8-30(9-6-26)49(46,47)43-20-28-16-29(43)17-39-28;/h5-10,15,18,23-25,28-29,39H,11-14,16-17,19-22H2,1-4H3;1H/t28-,29-;/m0./s1. The molecule has 270 valence electrons. The number of sulfonamides is 1. The normalized spacial score (nSPS) is 21.8. The van der Waals surface area contributed by atoms with Crippen molar-refractivity contribution in [2.75, 3.05) is 44.2 Å². The molecule has 5 heterocycles. The minimum Gasteiger partial charge on any atom is -0.451 e. The second-order valence-corrected chi connectivity index (χ2v) is 16.6. The van der Waals surface area contributed by atoms with Crippen LogP contribution in [-0.2, 0) is 16.6 Å². The zero-order valence-electron chi connectivity index (χ0n) is 29.1. The number of piperazine rings is 1. The zero-order chi connectivity index (χ0) is 34.5. The molecule has 0 aliphatic carbocycles. The summed E-state index contributed by atoms with van der Waals surface area (Å²) < 4.78 is 48.8. The van der Waals surface area contributed by atoms with Gasteiger partial charge >= 0.3 is 0 Å². The Kier molecular flexibility index (Phi) is 10.4. The molecule has 4 aliphatic heterocycles. The molecule has 2 atom stereocenters. The van der Waals surface area contributed by atoms with E-state index >= 15 is 0 Å². The molecule has 1 spiro atoms. The molecular formula is C36H47ClFN7O4S. The highest BCUT2D eigenvalue weighted by atomic mass is 35.5. The average molecular weight is 728 g/mol. The molecule has 2 bridgehead atoms. The second kappa shape index (κ2) is 14.3. The van der Waals surface area contributed by atoms with E-state index in [-0.39, 0.29) is 59.2 Å². The highest BCUT2D eigenvalue weighted by Crippen LogP contribution is 2.45. The van der Waals surface area contributed by atoms with Crippen molar-refractivity contribution in [2.24, 2.45) is 5.41 Å². The lowest BCUT2D eigenvalue weighted by atomic mass is 9.72. The van der Waals surface area contributed by atoms with Crippen LogP contribution in [0.25, 0.3) is 0 Å². The number of nitrogens with one attached hydrogen (secondary N) is 1. The quantitative estimate of drug-likeness (QED) is 0.311. The Morgan fingerprint density at radius 3 is 2.38 bits per heavy atom. The Morgan fingerprint density at radius 2 is 1.76 bits per heavy atom. The zero-order valence-corrected chi connectivity index (χ0v) is 30.7. The summed E-state index contributed by atoms with van der Waals surface area (Å²) in [5.41, 5.74) is 1.45. The van der Waals surface area contributed by atoms with Crippen LogP contribution in [-0.4, -0.2) is 102 Å². The average Bonchev–Trinajstić information content (AvgIpc) is 3.70. The van der Waals surface area contributed by atoms with Gasteiger partial charge in [0.05, 0.1) is 16.7 Å². The van der Waals surface area contributed by atoms with Gasteiger partial charge in [0, 0.05) is 62.3 Å². The van der Waals surface area contributed by atoms with E-state index in [2.05, 4.69) is 25.1 Å². The lowest BCUT2D eigenvalue weighted by Crippen LogP contribution is -2.60. The van der Waals surface area contributed by atoms with Gasteiger partial charge in [-0.15, -0.1) is 12.4 Å². The third-order valence-corrected chi connectivity index (χ3v) is 12.5. The first-order valence-electron chi connectivity index (χ1n) is 17.3. The summed E-state index contributed by atoms with van der Waals surface area (Å²) in [6.07, 6.45) is 6.07. The molecule has 11 nitrogen and oxygen atoms in total. The minimum absolute atomic E-state index is 0. The molecule has 0 saturated carbocycles. The number of carbonyl (C=O) groups excluding carboxylic acids is 1. The highest BCUT2D eigenvalue weighted by Gasteiger charge is 2.46. The Bertz CT molecular complexity index is 1790. The number of halogens is 2. The first kappa shape index (κ1) is 36.4. The van der Waals surface area contributed by atoms with Crippen molar-refractivity contribution in [3.63, 3.8) is 0 Å². The summed E-state index contributed by atoms with van der Waals surface area (Å²) in [6, 6.07) is 11.6. The monoisotopic (exact) mass is 727 g/mol. The number of aromatic nitrogens is 2. The SMILES string of the molecule is CC(C)N(C(=O)c1cc(F)ccc1Oc1cncnc1N1CC2(CCN(Cc3ccc(S(=O)(=O)N4C[C@@H]5C[C@H]4CN5)cc3)CC2)C1)C(C)C.Cl. The van der Waals surface area contributed by atoms with Crippen LogP contribution in [0.1, 0.15) is 62.9 Å². The molecule has 14 heteroatoms. The first-order chi connectivity index (χ1) is 23.4. The predicted molar refractivity (Wildman–Crippen MR) is 192 cm³/mol. The van der Waals surface area contributed by atoms with Crippen LogP contribution < -0.4 is 15.0 Å². The second-order valence-electron chi connectivity index (χ2n) is 14.7. The van der Waals surface area contributed by atoms with Gasteiger partial charge in [0.2, 0.25) is 10.0 Å². The predicted octanol–water partition coefficient (Wildman–Crippen LogP) is 4.93. The van der Waals surface area contributed by atoms with E-state index in [4.69, 9.17) is 4.74 Å². The van der Waals surface area contributed by atoms with E-state index in [1.54, 1.807) is 27.5 Å². The number of piperidine rings is 1. The number of hydrogen-bond donors (Lipinski definition) is 1. The molecule has 2 aromatic carbocycles. The molecule has 1 amide bonds. The summed E-state index contributed by atoms with van der Waals surface area (Å²) in [5.74, 6) is 0.554. The van der Waals surface area contributed by atoms with E-state index in [1.807, 2.05) is 39.8 Å². The van der Waals surface area contributed by atoms with E-state index < -0.39 is 15.8 Å². The van der Waals surface area contributed by atoms with Crippen LogP contribution in [0.2, 0.25) is 0 Å². The van der Waals surface area contributed by atoms with Crippen molar-refractivity contribution in [3.05, 3.63) is 71.9 Å². The van der Waals surface area contributed by atoms with Crippen molar-refractivity contribution in [3.8, 4) is 11.5 Å². The maximum Gasteiger partial charge on any atom is 0.258 e. The summed E-state index contributed by atoms with van der Waals surface area (Å²) in [7, 11) is -3.47. The van der Waals surface area contributed by atoms with Crippen LogP contribution in [0.4, 0.5) is 10.2 Å². The summed E-state index contributed by atoms with van der Waals surface area (Å²) >= 11 is 0. The summed E-state index contributed by atoms with van der Waals surface area (Å²) in [5, 5.41) is 3.37. The van der Waals surface area contributed by atoms with E-state index in [0.29, 0.717) is 23.0 Å². The Hall–Kier alpha value is -3.36. The van der Waals surface area contributed by atoms with Gasteiger partial charge in [-0.1, -0.05) is 12.1 Å². The Morgan fingerprint density at radius 1 is 1.06 bits per heavy atom. The summed E-state index contributed by atoms with van der Waals surface area (Å²) in [6.45, 7) is 13.4. The minimum atomic E-state index is -3.47. The first-order valence-corrected chi connectivity index (χ1v) is 18.8. The van der Waals surface area contributed by atoms with Crippen molar-refractivity contribution in [1.29, 1.82) is 0 Å². The Balaban J connectivity index is 0.00000432. The number of nitrogens with zero attached hydrogens (tertiary/aromatic N) is 6. The fraction of sp³-hybridized carbons (Fsp3) is 0.528. The van der Waals surface area contributed by atoms with Gasteiger partial charge in [0.15, 0.2) is 11.6 Å². The van der Waals surface area contributed by atoms with Crippen LogP contribution in [0, 0.1) is 11.2 Å². The molecular weight excluding hydrogens is 681 g/mol. The maximum absolute atomic E-state index is 14.4. The van der Waals surface area contributed by atoms with Gasteiger partial charge in [0.25, 0.3) is 5.91 Å². The van der Waals surface area contributed by atoms with E-state index in [0.717, 1.165) is 64.1 Å². The molecule has 0 unspecified atom stereocenters. The highest BCUT2D eigenvalue weighted by molar-refractivity contribution is 7.89. The van der Waals surface area contributed by atoms with Gasteiger partial charge in [-0.2, -0.15) is 4.31 Å². The number of rotatable bonds is 10. The number of hydrogen-bond acceptors (Lipinski definition) is 9. The van der Waals surface area contributed by atoms with Crippen LogP contribution in [0.5, 0.6) is 11.5 Å². The van der Waals surface area contributed by atoms with Crippen molar-refractivity contribution in [1.82, 2.24) is 29.4 Å². The van der Waals surface area contributed by atoms with Crippen molar-refractivity contribution < 1.29 is 22.3 Å². The van der Waals surface area contributed by atoms with Gasteiger partial charge < -0.3 is 19.9 Å². The molecule has 0 radical (unpaired) electrons. The third-order valence-electron chi connectivity index (χ3n) is 10.6. The molecule has 1 aromatic heterocycles. The topological polar surface area (TPSA) is 111 Å². The van der Waals surface area contributed by atoms with Gasteiger partial charge in [-0.25, -0.2) is 22.8 Å². The smallest absolute Gasteiger partial charge is 0.258 e. The fourth-order valence-corrected chi connectivity index (χ4v) is 9.77. The van der Waals surface area contributed by atoms with Crippen molar-refractivity contribution >= 4 is 34.2 Å². The van der Waals surface area contributed by atoms with Crippen LogP contribution in [0.3, 0.4) is 0 Å². The Labute approximate surface area is 300 Å². The van der Waals surface area contributed by atoms with Crippen molar-refractivity contribution in [2.45, 2.75) is 82.6 Å².